The summed E-state index contributed by atoms with van der Waals surface area (Å²) in [4.78, 5) is 10.7. The van der Waals surface area contributed by atoms with Crippen molar-refractivity contribution in [3.8, 4) is 0 Å². The molecule has 0 spiro atoms. The van der Waals surface area contributed by atoms with E-state index in [2.05, 4.69) is 0 Å². The number of fused-ring (bicyclic) bond motifs is 1. The standard InChI is InChI=1S/C11H10O3S/c1-8-7-15(13,14)11-6-9(4-5-12)2-3-10(8)11/h2-3,5-7H,4H2,1H3. The van der Waals surface area contributed by atoms with Crippen molar-refractivity contribution in [1.29, 1.82) is 0 Å². The number of hydrogen-bond acceptors (Lipinski definition) is 3. The second-order valence-electron chi connectivity index (χ2n) is 3.55. The molecule has 0 bridgehead atoms. The van der Waals surface area contributed by atoms with Gasteiger partial charge in [-0.05, 0) is 29.7 Å². The molecule has 4 heteroatoms. The number of hydrogen-bond donors (Lipinski definition) is 0. The first-order valence-electron chi connectivity index (χ1n) is 4.55. The van der Waals surface area contributed by atoms with Gasteiger partial charge in [0.1, 0.15) is 6.29 Å². The number of carbonyl (C=O) groups excluding carboxylic acids is 1. The van der Waals surface area contributed by atoms with Crippen LogP contribution in [0.1, 0.15) is 18.1 Å². The summed E-state index contributed by atoms with van der Waals surface area (Å²) >= 11 is 0. The van der Waals surface area contributed by atoms with Crippen LogP contribution in [0.15, 0.2) is 28.5 Å². The Bertz CT molecular complexity index is 553. The van der Waals surface area contributed by atoms with Crippen molar-refractivity contribution in [2.24, 2.45) is 0 Å². The maximum absolute atomic E-state index is 11.7. The Morgan fingerprint density at radius 3 is 2.73 bits per heavy atom. The molecular formula is C11H10O3S. The van der Waals surface area contributed by atoms with E-state index in [9.17, 15) is 13.2 Å². The first-order chi connectivity index (χ1) is 7.04. The van der Waals surface area contributed by atoms with Crippen molar-refractivity contribution in [1.82, 2.24) is 0 Å². The zero-order valence-electron chi connectivity index (χ0n) is 8.23. The van der Waals surface area contributed by atoms with Crippen molar-refractivity contribution in [3.63, 3.8) is 0 Å². The van der Waals surface area contributed by atoms with Crippen LogP contribution < -0.4 is 0 Å². The van der Waals surface area contributed by atoms with Gasteiger partial charge in [0, 0.05) is 11.8 Å². The lowest BCUT2D eigenvalue weighted by atomic mass is 10.1. The minimum absolute atomic E-state index is 0.252. The molecule has 3 nitrogen and oxygen atoms in total. The van der Waals surface area contributed by atoms with Crippen molar-refractivity contribution < 1.29 is 13.2 Å². The summed E-state index contributed by atoms with van der Waals surface area (Å²) in [5, 5.41) is 1.27. The maximum Gasteiger partial charge on any atom is 0.200 e. The average molecular weight is 222 g/mol. The fourth-order valence-electron chi connectivity index (χ4n) is 1.71. The van der Waals surface area contributed by atoms with Crippen LogP contribution in [-0.2, 0) is 21.1 Å². The van der Waals surface area contributed by atoms with Crippen LogP contribution in [0.4, 0.5) is 0 Å². The van der Waals surface area contributed by atoms with E-state index in [4.69, 9.17) is 0 Å². The monoisotopic (exact) mass is 222 g/mol. The van der Waals surface area contributed by atoms with Gasteiger partial charge in [-0.15, -0.1) is 0 Å². The number of rotatable bonds is 2. The van der Waals surface area contributed by atoms with Gasteiger partial charge in [-0.2, -0.15) is 0 Å². The van der Waals surface area contributed by atoms with Crippen LogP contribution in [0.3, 0.4) is 0 Å². The minimum atomic E-state index is -3.27. The van der Waals surface area contributed by atoms with Gasteiger partial charge in [-0.1, -0.05) is 12.1 Å². The minimum Gasteiger partial charge on any atom is -0.303 e. The van der Waals surface area contributed by atoms with Gasteiger partial charge in [0.2, 0.25) is 9.84 Å². The van der Waals surface area contributed by atoms with E-state index in [0.717, 1.165) is 23.0 Å². The number of carbonyl (C=O) groups is 1. The molecule has 15 heavy (non-hydrogen) atoms. The molecule has 1 aromatic carbocycles. The highest BCUT2D eigenvalue weighted by molar-refractivity contribution is 7.95. The molecule has 0 saturated heterocycles. The molecule has 0 unspecified atom stereocenters. The van der Waals surface area contributed by atoms with Crippen LogP contribution in [0.2, 0.25) is 0 Å². The first-order valence-corrected chi connectivity index (χ1v) is 6.09. The average Bonchev–Trinajstić information content (AvgIpc) is 2.38. The largest absolute Gasteiger partial charge is 0.303 e. The van der Waals surface area contributed by atoms with Crippen molar-refractivity contribution in [2.45, 2.75) is 18.2 Å². The molecule has 1 aliphatic heterocycles. The number of sulfone groups is 1. The van der Waals surface area contributed by atoms with E-state index in [0.29, 0.717) is 4.90 Å². The van der Waals surface area contributed by atoms with E-state index in [1.165, 1.54) is 5.41 Å². The van der Waals surface area contributed by atoms with Crippen LogP contribution in [0, 0.1) is 0 Å². The smallest absolute Gasteiger partial charge is 0.200 e. The van der Waals surface area contributed by atoms with Crippen LogP contribution in [0.25, 0.3) is 5.57 Å². The third kappa shape index (κ3) is 1.61. The van der Waals surface area contributed by atoms with Gasteiger partial charge >= 0.3 is 0 Å². The maximum atomic E-state index is 11.7. The summed E-state index contributed by atoms with van der Waals surface area (Å²) < 4.78 is 23.3. The second kappa shape index (κ2) is 3.31. The normalized spacial score (nSPS) is 17.0. The van der Waals surface area contributed by atoms with Gasteiger partial charge in [-0.25, -0.2) is 8.42 Å². The molecule has 0 radical (unpaired) electrons. The lowest BCUT2D eigenvalue weighted by Gasteiger charge is -2.02. The van der Waals surface area contributed by atoms with Crippen LogP contribution >= 0.6 is 0 Å². The SMILES string of the molecule is CC1=CS(=O)(=O)c2cc(CC=O)ccc21. The number of benzene rings is 1. The van der Waals surface area contributed by atoms with E-state index < -0.39 is 9.84 Å². The highest BCUT2D eigenvalue weighted by Crippen LogP contribution is 2.33. The highest BCUT2D eigenvalue weighted by Gasteiger charge is 2.24. The molecule has 1 aromatic rings. The Morgan fingerprint density at radius 2 is 2.07 bits per heavy atom. The second-order valence-corrected chi connectivity index (χ2v) is 5.31. The van der Waals surface area contributed by atoms with Crippen LogP contribution in [0.5, 0.6) is 0 Å². The molecule has 0 amide bonds. The molecule has 0 N–H and O–H groups in total. The Hall–Kier alpha value is -1.42. The summed E-state index contributed by atoms with van der Waals surface area (Å²) in [6.45, 7) is 1.77. The Labute approximate surface area is 88.3 Å². The zero-order chi connectivity index (χ0) is 11.1. The third-order valence-electron chi connectivity index (χ3n) is 2.43. The van der Waals surface area contributed by atoms with Gasteiger partial charge in [0.05, 0.1) is 4.90 Å². The molecule has 0 aromatic heterocycles. The Kier molecular flexibility index (Phi) is 2.23. The van der Waals surface area contributed by atoms with Crippen molar-refractivity contribution in [2.75, 3.05) is 0 Å². The predicted octanol–water partition coefficient (Wildman–Crippen LogP) is 1.58. The molecule has 1 aliphatic rings. The Balaban J connectivity index is 2.62. The molecular weight excluding hydrogens is 212 g/mol. The highest BCUT2D eigenvalue weighted by atomic mass is 32.2. The van der Waals surface area contributed by atoms with Gasteiger partial charge in [0.25, 0.3) is 0 Å². The fraction of sp³-hybridized carbons (Fsp3) is 0.182. The van der Waals surface area contributed by atoms with E-state index in [1.807, 2.05) is 0 Å². The quantitative estimate of drug-likeness (QED) is 0.714. The molecule has 0 fully saturated rings. The topological polar surface area (TPSA) is 51.2 Å². The summed E-state index contributed by atoms with van der Waals surface area (Å²) in [5.41, 5.74) is 2.22. The summed E-state index contributed by atoms with van der Waals surface area (Å²) in [5.74, 6) is 0. The molecule has 2 rings (SSSR count). The fourth-order valence-corrected chi connectivity index (χ4v) is 3.28. The molecule has 1 heterocycles. The zero-order valence-corrected chi connectivity index (χ0v) is 9.04. The van der Waals surface area contributed by atoms with E-state index >= 15 is 0 Å². The summed E-state index contributed by atoms with van der Waals surface area (Å²) in [7, 11) is -3.27. The lowest BCUT2D eigenvalue weighted by Crippen LogP contribution is -1.96. The van der Waals surface area contributed by atoms with Gasteiger partial charge in [0.15, 0.2) is 0 Å². The molecule has 78 valence electrons. The van der Waals surface area contributed by atoms with Crippen LogP contribution in [-0.4, -0.2) is 14.7 Å². The summed E-state index contributed by atoms with van der Waals surface area (Å²) in [6.07, 6.45) is 1.02. The van der Waals surface area contributed by atoms with Crippen molar-refractivity contribution in [3.05, 3.63) is 34.7 Å². The number of allylic oxidation sites excluding steroid dienone is 1. The third-order valence-corrected chi connectivity index (χ3v) is 4.04. The predicted molar refractivity (Wildman–Crippen MR) is 57.0 cm³/mol. The first kappa shape index (κ1) is 10.1. The van der Waals surface area contributed by atoms with E-state index in [-0.39, 0.29) is 6.42 Å². The lowest BCUT2D eigenvalue weighted by molar-refractivity contribution is -0.107. The van der Waals surface area contributed by atoms with Gasteiger partial charge in [-0.3, -0.25) is 0 Å². The van der Waals surface area contributed by atoms with Gasteiger partial charge < -0.3 is 4.79 Å². The summed E-state index contributed by atoms with van der Waals surface area (Å²) in [6, 6.07) is 5.11. The molecule has 0 atom stereocenters. The van der Waals surface area contributed by atoms with Crippen molar-refractivity contribution >= 4 is 21.7 Å². The van der Waals surface area contributed by atoms with E-state index in [1.54, 1.807) is 25.1 Å². The number of aldehydes is 1. The molecule has 0 saturated carbocycles. The molecule has 0 aliphatic carbocycles. The Morgan fingerprint density at radius 1 is 1.33 bits per heavy atom.